The number of amides is 1. The quantitative estimate of drug-likeness (QED) is 0.524. The molecule has 0 N–H and O–H groups in total. The molecule has 0 saturated carbocycles. The van der Waals surface area contributed by atoms with Crippen LogP contribution in [-0.2, 0) is 22.9 Å². The van der Waals surface area contributed by atoms with E-state index in [0.29, 0.717) is 30.2 Å². The molecule has 0 aliphatic heterocycles. The van der Waals surface area contributed by atoms with Crippen molar-refractivity contribution in [2.75, 3.05) is 20.5 Å². The van der Waals surface area contributed by atoms with Gasteiger partial charge in [0.05, 0.1) is 25.7 Å². The second-order valence-corrected chi connectivity index (χ2v) is 9.78. The van der Waals surface area contributed by atoms with E-state index in [-0.39, 0.29) is 10.8 Å². The van der Waals surface area contributed by atoms with E-state index < -0.39 is 9.84 Å². The van der Waals surface area contributed by atoms with Gasteiger partial charge in [0.25, 0.3) is 5.91 Å². The molecule has 1 aromatic heterocycles. The summed E-state index contributed by atoms with van der Waals surface area (Å²) in [5, 5.41) is 1.96. The Labute approximate surface area is 180 Å². The smallest absolute Gasteiger partial charge is 0.254 e. The topological polar surface area (TPSA) is 72.9 Å². The fourth-order valence-corrected chi connectivity index (χ4v) is 4.42. The Morgan fingerprint density at radius 3 is 2.37 bits per heavy atom. The minimum atomic E-state index is -3.41. The summed E-state index contributed by atoms with van der Waals surface area (Å²) in [7, 11) is -0.278. The van der Waals surface area contributed by atoms with Gasteiger partial charge < -0.3 is 14.4 Å². The molecule has 0 radical (unpaired) electrons. The molecule has 3 aromatic rings. The van der Waals surface area contributed by atoms with Gasteiger partial charge in [-0.05, 0) is 47.3 Å². The molecule has 1 heterocycles. The number of benzene rings is 2. The standard InChI is InChI=1S/C22H23NO5S2/c1-27-20-10-9-16(12-21(20)28-2)14-23(15-18-7-5-11-29-18)22(24)17-6-4-8-19(13-17)30(3,25)26/h4-13H,14-15H2,1-3H3. The predicted octanol–water partition coefficient (Wildman–Crippen LogP) is 4.01. The number of thiophene rings is 1. The van der Waals surface area contributed by atoms with Crippen LogP contribution in [0.5, 0.6) is 11.5 Å². The van der Waals surface area contributed by atoms with Gasteiger partial charge in [0.2, 0.25) is 0 Å². The van der Waals surface area contributed by atoms with Gasteiger partial charge in [0.15, 0.2) is 21.3 Å². The molecule has 30 heavy (non-hydrogen) atoms. The molecule has 158 valence electrons. The second kappa shape index (κ2) is 9.32. The third kappa shape index (κ3) is 5.20. The molecule has 0 aliphatic carbocycles. The van der Waals surface area contributed by atoms with E-state index >= 15 is 0 Å². The fraction of sp³-hybridized carbons (Fsp3) is 0.227. The van der Waals surface area contributed by atoms with Crippen molar-refractivity contribution in [3.8, 4) is 11.5 Å². The molecular weight excluding hydrogens is 422 g/mol. The number of sulfone groups is 1. The van der Waals surface area contributed by atoms with Gasteiger partial charge in [-0.1, -0.05) is 18.2 Å². The Hall–Kier alpha value is -2.84. The van der Waals surface area contributed by atoms with Crippen molar-refractivity contribution in [1.29, 1.82) is 0 Å². The first-order chi connectivity index (χ1) is 14.3. The zero-order valence-corrected chi connectivity index (χ0v) is 18.6. The Balaban J connectivity index is 1.94. The molecule has 6 nitrogen and oxygen atoms in total. The predicted molar refractivity (Wildman–Crippen MR) is 117 cm³/mol. The van der Waals surface area contributed by atoms with E-state index in [2.05, 4.69) is 0 Å². The van der Waals surface area contributed by atoms with Crippen LogP contribution < -0.4 is 9.47 Å². The summed E-state index contributed by atoms with van der Waals surface area (Å²) in [6, 6.07) is 15.5. The van der Waals surface area contributed by atoms with E-state index in [1.54, 1.807) is 48.7 Å². The van der Waals surface area contributed by atoms with Gasteiger partial charge in [-0.2, -0.15) is 0 Å². The minimum Gasteiger partial charge on any atom is -0.493 e. The Morgan fingerprint density at radius 1 is 0.967 bits per heavy atom. The van der Waals surface area contributed by atoms with Crippen molar-refractivity contribution in [2.45, 2.75) is 18.0 Å². The van der Waals surface area contributed by atoms with Crippen molar-refractivity contribution < 1.29 is 22.7 Å². The van der Waals surface area contributed by atoms with Crippen molar-refractivity contribution in [2.24, 2.45) is 0 Å². The van der Waals surface area contributed by atoms with Crippen molar-refractivity contribution in [3.63, 3.8) is 0 Å². The number of hydrogen-bond donors (Lipinski definition) is 0. The number of ether oxygens (including phenoxy) is 2. The molecule has 3 rings (SSSR count). The van der Waals surface area contributed by atoms with Crippen LogP contribution in [0.25, 0.3) is 0 Å². The largest absolute Gasteiger partial charge is 0.493 e. The maximum Gasteiger partial charge on any atom is 0.254 e. The number of hydrogen-bond acceptors (Lipinski definition) is 6. The summed E-state index contributed by atoms with van der Waals surface area (Å²) in [5.41, 5.74) is 1.20. The van der Waals surface area contributed by atoms with Crippen LogP contribution in [0, 0.1) is 0 Å². The summed E-state index contributed by atoms with van der Waals surface area (Å²) in [6.07, 6.45) is 1.13. The summed E-state index contributed by atoms with van der Waals surface area (Å²) < 4.78 is 34.5. The lowest BCUT2D eigenvalue weighted by molar-refractivity contribution is 0.0731. The average Bonchev–Trinajstić information content (AvgIpc) is 3.25. The van der Waals surface area contributed by atoms with Gasteiger partial charge in [-0.3, -0.25) is 4.79 Å². The van der Waals surface area contributed by atoms with Crippen LogP contribution in [0.1, 0.15) is 20.8 Å². The van der Waals surface area contributed by atoms with Gasteiger partial charge in [0.1, 0.15) is 0 Å². The number of methoxy groups -OCH3 is 2. The van der Waals surface area contributed by atoms with Gasteiger partial charge in [-0.15, -0.1) is 11.3 Å². The zero-order valence-electron chi connectivity index (χ0n) is 17.0. The maximum absolute atomic E-state index is 13.3. The highest BCUT2D eigenvalue weighted by molar-refractivity contribution is 7.90. The Kier molecular flexibility index (Phi) is 6.79. The van der Waals surface area contributed by atoms with Gasteiger partial charge >= 0.3 is 0 Å². The van der Waals surface area contributed by atoms with E-state index in [1.807, 2.05) is 29.6 Å². The number of carbonyl (C=O) groups is 1. The minimum absolute atomic E-state index is 0.121. The molecule has 0 fully saturated rings. The third-order valence-corrected chi connectivity index (χ3v) is 6.52. The van der Waals surface area contributed by atoms with Crippen LogP contribution in [0.15, 0.2) is 64.9 Å². The van der Waals surface area contributed by atoms with Crippen LogP contribution in [0.4, 0.5) is 0 Å². The first-order valence-corrected chi connectivity index (χ1v) is 11.9. The van der Waals surface area contributed by atoms with Crippen molar-refractivity contribution in [1.82, 2.24) is 4.90 Å². The van der Waals surface area contributed by atoms with Gasteiger partial charge in [0, 0.05) is 23.2 Å². The fourth-order valence-electron chi connectivity index (χ4n) is 3.03. The highest BCUT2D eigenvalue weighted by Crippen LogP contribution is 2.29. The number of nitrogens with zero attached hydrogens (tertiary/aromatic N) is 1. The molecule has 1 amide bonds. The average molecular weight is 446 g/mol. The van der Waals surface area contributed by atoms with E-state index in [0.717, 1.165) is 16.7 Å². The molecule has 0 unspecified atom stereocenters. The highest BCUT2D eigenvalue weighted by Gasteiger charge is 2.20. The normalized spacial score (nSPS) is 11.2. The van der Waals surface area contributed by atoms with Crippen LogP contribution in [0.3, 0.4) is 0 Å². The molecule has 2 aromatic carbocycles. The van der Waals surface area contributed by atoms with E-state index in [1.165, 1.54) is 12.1 Å². The number of carbonyl (C=O) groups excluding carboxylic acids is 1. The monoisotopic (exact) mass is 445 g/mol. The summed E-state index contributed by atoms with van der Waals surface area (Å²) in [5.74, 6) is 0.944. The zero-order chi connectivity index (χ0) is 21.7. The first-order valence-electron chi connectivity index (χ1n) is 9.14. The van der Waals surface area contributed by atoms with Crippen molar-refractivity contribution >= 4 is 27.1 Å². The first kappa shape index (κ1) is 21.9. The Bertz CT molecular complexity index is 1120. The van der Waals surface area contributed by atoms with Crippen molar-refractivity contribution in [3.05, 3.63) is 76.0 Å². The molecule has 0 saturated heterocycles. The lowest BCUT2D eigenvalue weighted by Gasteiger charge is -2.23. The third-order valence-electron chi connectivity index (χ3n) is 4.54. The van der Waals surface area contributed by atoms with E-state index in [4.69, 9.17) is 9.47 Å². The lowest BCUT2D eigenvalue weighted by Crippen LogP contribution is -2.30. The van der Waals surface area contributed by atoms with E-state index in [9.17, 15) is 13.2 Å². The lowest BCUT2D eigenvalue weighted by atomic mass is 10.1. The summed E-state index contributed by atoms with van der Waals surface area (Å²) in [4.78, 5) is 16.2. The van der Waals surface area contributed by atoms with Gasteiger partial charge in [-0.25, -0.2) is 8.42 Å². The maximum atomic E-state index is 13.3. The van der Waals surface area contributed by atoms with Crippen LogP contribution in [0.2, 0.25) is 0 Å². The SMILES string of the molecule is COc1ccc(CN(Cc2cccs2)C(=O)c2cccc(S(C)(=O)=O)c2)cc1OC. The molecule has 0 atom stereocenters. The molecule has 0 bridgehead atoms. The Morgan fingerprint density at radius 2 is 1.73 bits per heavy atom. The molecule has 0 spiro atoms. The molecular formula is C22H23NO5S2. The molecule has 8 heteroatoms. The summed E-state index contributed by atoms with van der Waals surface area (Å²) >= 11 is 1.56. The summed E-state index contributed by atoms with van der Waals surface area (Å²) in [6.45, 7) is 0.744. The second-order valence-electron chi connectivity index (χ2n) is 6.73. The number of rotatable bonds is 8. The highest BCUT2D eigenvalue weighted by atomic mass is 32.2. The molecule has 0 aliphatic rings. The van der Waals surface area contributed by atoms with Crippen LogP contribution >= 0.6 is 11.3 Å². The van der Waals surface area contributed by atoms with Crippen LogP contribution in [-0.4, -0.2) is 39.7 Å².